The summed E-state index contributed by atoms with van der Waals surface area (Å²) in [6.45, 7) is 0. The molecule has 0 radical (unpaired) electrons. The molecule has 0 saturated heterocycles. The number of rotatable bonds is 4. The van der Waals surface area contributed by atoms with Gasteiger partial charge in [-0.25, -0.2) is 8.78 Å². The summed E-state index contributed by atoms with van der Waals surface area (Å²) in [6.07, 6.45) is 0.308. The lowest BCUT2D eigenvalue weighted by atomic mass is 9.89. The van der Waals surface area contributed by atoms with Crippen molar-refractivity contribution in [3.8, 4) is 0 Å². The van der Waals surface area contributed by atoms with Crippen molar-refractivity contribution >= 4 is 6.29 Å². The lowest BCUT2D eigenvalue weighted by Crippen LogP contribution is -2.25. The van der Waals surface area contributed by atoms with Gasteiger partial charge < -0.3 is 4.79 Å². The first-order chi connectivity index (χ1) is 8.66. The number of carbonyl (C=O) groups is 1. The zero-order valence-corrected chi connectivity index (χ0v) is 9.59. The molecule has 92 valence electrons. The maximum atomic E-state index is 14.3. The maximum absolute atomic E-state index is 14.3. The van der Waals surface area contributed by atoms with Gasteiger partial charge in [0.2, 0.25) is 0 Å². The molecule has 0 spiro atoms. The fourth-order valence-corrected chi connectivity index (χ4v) is 1.87. The average Bonchev–Trinajstić information content (AvgIpc) is 2.41. The first-order valence-corrected chi connectivity index (χ1v) is 5.60. The van der Waals surface area contributed by atoms with Gasteiger partial charge >= 0.3 is 0 Å². The van der Waals surface area contributed by atoms with E-state index in [2.05, 4.69) is 0 Å². The minimum Gasteiger partial charge on any atom is -0.302 e. The molecule has 1 nitrogen and oxygen atoms in total. The topological polar surface area (TPSA) is 17.1 Å². The van der Waals surface area contributed by atoms with Crippen molar-refractivity contribution < 1.29 is 13.6 Å². The van der Waals surface area contributed by atoms with Crippen molar-refractivity contribution in [2.75, 3.05) is 0 Å². The van der Waals surface area contributed by atoms with Crippen LogP contribution in [0.5, 0.6) is 0 Å². The van der Waals surface area contributed by atoms with Gasteiger partial charge in [0.15, 0.2) is 0 Å². The number of hydrogen-bond acceptors (Lipinski definition) is 1. The van der Waals surface area contributed by atoms with Crippen LogP contribution in [0.2, 0.25) is 0 Å². The lowest BCUT2D eigenvalue weighted by Gasteiger charge is -2.23. The van der Waals surface area contributed by atoms with E-state index >= 15 is 0 Å². The first kappa shape index (κ1) is 12.4. The molecule has 3 heteroatoms. The van der Waals surface area contributed by atoms with Crippen LogP contribution in [0.25, 0.3) is 0 Å². The highest BCUT2D eigenvalue weighted by Gasteiger charge is 2.42. The van der Waals surface area contributed by atoms with Gasteiger partial charge in [-0.3, -0.25) is 0 Å². The summed E-state index contributed by atoms with van der Waals surface area (Å²) in [5, 5.41) is 0. The van der Waals surface area contributed by atoms with E-state index in [9.17, 15) is 13.6 Å². The van der Waals surface area contributed by atoms with Gasteiger partial charge in [-0.15, -0.1) is 0 Å². The zero-order chi connectivity index (χ0) is 13.0. The Morgan fingerprint density at radius 2 is 1.39 bits per heavy atom. The molecule has 0 N–H and O–H groups in total. The Kier molecular flexibility index (Phi) is 3.51. The van der Waals surface area contributed by atoms with Crippen molar-refractivity contribution in [3.05, 3.63) is 71.8 Å². The number of aldehydes is 1. The quantitative estimate of drug-likeness (QED) is 0.751. The Morgan fingerprint density at radius 3 is 1.89 bits per heavy atom. The summed E-state index contributed by atoms with van der Waals surface area (Å²) in [6, 6.07) is 15.5. The second-order valence-corrected chi connectivity index (χ2v) is 4.01. The number of benzene rings is 2. The first-order valence-electron chi connectivity index (χ1n) is 5.60. The highest BCUT2D eigenvalue weighted by molar-refractivity contribution is 5.64. The van der Waals surface area contributed by atoms with Gasteiger partial charge in [0.05, 0.1) is 0 Å². The Bertz CT molecular complexity index is 509. The van der Waals surface area contributed by atoms with E-state index in [-0.39, 0.29) is 5.56 Å². The minimum absolute atomic E-state index is 0.147. The predicted molar refractivity (Wildman–Crippen MR) is 65.6 cm³/mol. The van der Waals surface area contributed by atoms with E-state index in [1.807, 2.05) is 0 Å². The highest BCUT2D eigenvalue weighted by atomic mass is 19.3. The van der Waals surface area contributed by atoms with Crippen LogP contribution in [0.1, 0.15) is 17.0 Å². The van der Waals surface area contributed by atoms with Gasteiger partial charge in [-0.2, -0.15) is 0 Å². The number of hydrogen-bond donors (Lipinski definition) is 0. The summed E-state index contributed by atoms with van der Waals surface area (Å²) in [5.41, 5.74) is 0.173. The van der Waals surface area contributed by atoms with Crippen LogP contribution in [0.3, 0.4) is 0 Å². The molecular formula is C15H12F2O. The summed E-state index contributed by atoms with van der Waals surface area (Å²) in [5.74, 6) is -4.66. The molecule has 2 rings (SSSR count). The maximum Gasteiger partial charge on any atom is 0.286 e. The van der Waals surface area contributed by atoms with Crippen molar-refractivity contribution in [1.29, 1.82) is 0 Å². The van der Waals surface area contributed by atoms with E-state index in [1.54, 1.807) is 24.3 Å². The summed E-state index contributed by atoms with van der Waals surface area (Å²) >= 11 is 0. The van der Waals surface area contributed by atoms with E-state index in [4.69, 9.17) is 0 Å². The van der Waals surface area contributed by atoms with Crippen LogP contribution in [0.15, 0.2) is 60.7 Å². The SMILES string of the molecule is O=CC(c1ccccc1)C(F)(F)c1ccccc1. The molecule has 18 heavy (non-hydrogen) atoms. The number of halogens is 2. The van der Waals surface area contributed by atoms with Crippen LogP contribution < -0.4 is 0 Å². The van der Waals surface area contributed by atoms with Crippen molar-refractivity contribution in [3.63, 3.8) is 0 Å². The summed E-state index contributed by atoms with van der Waals surface area (Å²) < 4.78 is 28.6. The van der Waals surface area contributed by atoms with Crippen molar-refractivity contribution in [2.45, 2.75) is 11.8 Å². The molecule has 1 unspecified atom stereocenters. The molecule has 1 atom stereocenters. The Labute approximate surface area is 104 Å². The van der Waals surface area contributed by atoms with Gasteiger partial charge in [0.25, 0.3) is 5.92 Å². The van der Waals surface area contributed by atoms with Gasteiger partial charge in [-0.1, -0.05) is 60.7 Å². The second-order valence-electron chi connectivity index (χ2n) is 4.01. The van der Waals surface area contributed by atoms with E-state index in [1.165, 1.54) is 36.4 Å². The van der Waals surface area contributed by atoms with Crippen LogP contribution in [0, 0.1) is 0 Å². The molecule has 0 aliphatic carbocycles. The normalized spacial score (nSPS) is 13.0. The fourth-order valence-electron chi connectivity index (χ4n) is 1.87. The fraction of sp³-hybridized carbons (Fsp3) is 0.133. The third-order valence-corrected chi connectivity index (χ3v) is 2.84. The molecule has 0 bridgehead atoms. The molecule has 0 fully saturated rings. The largest absolute Gasteiger partial charge is 0.302 e. The molecular weight excluding hydrogens is 234 g/mol. The standard InChI is InChI=1S/C15H12F2O/c16-15(17,13-9-5-2-6-10-13)14(11-18)12-7-3-1-4-8-12/h1-11,14H. The highest BCUT2D eigenvalue weighted by Crippen LogP contribution is 2.40. The zero-order valence-electron chi connectivity index (χ0n) is 9.59. The van der Waals surface area contributed by atoms with Gasteiger partial charge in [-0.05, 0) is 5.56 Å². The summed E-state index contributed by atoms with van der Waals surface area (Å²) in [7, 11) is 0. The second kappa shape index (κ2) is 5.08. The van der Waals surface area contributed by atoms with Gasteiger partial charge in [0, 0.05) is 5.56 Å². The molecule has 0 aromatic heterocycles. The van der Waals surface area contributed by atoms with Crippen LogP contribution in [-0.4, -0.2) is 6.29 Å². The predicted octanol–water partition coefficient (Wildman–Crippen LogP) is 3.76. The number of alkyl halides is 2. The third kappa shape index (κ3) is 2.30. The average molecular weight is 246 g/mol. The third-order valence-electron chi connectivity index (χ3n) is 2.84. The Balaban J connectivity index is 2.42. The summed E-state index contributed by atoms with van der Waals surface area (Å²) in [4.78, 5) is 11.0. The van der Waals surface area contributed by atoms with Crippen LogP contribution >= 0.6 is 0 Å². The molecule has 2 aromatic rings. The monoisotopic (exact) mass is 246 g/mol. The Morgan fingerprint density at radius 1 is 0.889 bits per heavy atom. The van der Waals surface area contributed by atoms with E-state index in [0.717, 1.165) is 0 Å². The van der Waals surface area contributed by atoms with Crippen LogP contribution in [-0.2, 0) is 10.7 Å². The minimum atomic E-state index is -3.20. The molecule has 0 heterocycles. The van der Waals surface area contributed by atoms with Crippen LogP contribution in [0.4, 0.5) is 8.78 Å². The smallest absolute Gasteiger partial charge is 0.286 e. The number of carbonyl (C=O) groups excluding carboxylic acids is 1. The van der Waals surface area contributed by atoms with Crippen molar-refractivity contribution in [1.82, 2.24) is 0 Å². The molecule has 0 aliphatic rings. The molecule has 0 amide bonds. The lowest BCUT2D eigenvalue weighted by molar-refractivity contribution is -0.119. The van der Waals surface area contributed by atoms with E-state index in [0.29, 0.717) is 11.8 Å². The van der Waals surface area contributed by atoms with Gasteiger partial charge in [0.1, 0.15) is 12.2 Å². The molecule has 0 saturated carbocycles. The van der Waals surface area contributed by atoms with E-state index < -0.39 is 11.8 Å². The van der Waals surface area contributed by atoms with Crippen molar-refractivity contribution in [2.24, 2.45) is 0 Å². The Hall–Kier alpha value is -2.03. The molecule has 2 aromatic carbocycles. The molecule has 0 aliphatic heterocycles.